The van der Waals surface area contributed by atoms with Gasteiger partial charge in [0.2, 0.25) is 5.91 Å². The van der Waals surface area contributed by atoms with Crippen LogP contribution in [0.15, 0.2) is 59.6 Å². The molecule has 0 spiro atoms. The summed E-state index contributed by atoms with van der Waals surface area (Å²) in [5, 5.41) is 6.59. The number of nitrogens with one attached hydrogen (secondary N) is 2. The van der Waals surface area contributed by atoms with Crippen LogP contribution in [-0.2, 0) is 4.79 Å². The number of hydrogen-bond acceptors (Lipinski definition) is 3. The SMILES string of the molecule is Cc1ccc(OCCNC(=NCC(=O)N(C)C)NC(C)c2ccccc2)cc1. The maximum absolute atomic E-state index is 11.9. The van der Waals surface area contributed by atoms with E-state index in [2.05, 4.69) is 34.7 Å². The Morgan fingerprint density at radius 3 is 2.43 bits per heavy atom. The van der Waals surface area contributed by atoms with E-state index in [0.29, 0.717) is 19.1 Å². The highest BCUT2D eigenvalue weighted by Gasteiger charge is 2.09. The zero-order valence-corrected chi connectivity index (χ0v) is 17.1. The number of carbonyl (C=O) groups is 1. The Bertz CT molecular complexity index is 758. The van der Waals surface area contributed by atoms with Gasteiger partial charge in [-0.1, -0.05) is 48.0 Å². The molecule has 0 heterocycles. The average Bonchev–Trinajstić information content (AvgIpc) is 2.70. The van der Waals surface area contributed by atoms with Crippen LogP contribution in [0.1, 0.15) is 24.1 Å². The number of nitrogens with zero attached hydrogens (tertiary/aromatic N) is 2. The van der Waals surface area contributed by atoms with E-state index in [0.717, 1.165) is 11.3 Å². The zero-order chi connectivity index (χ0) is 20.4. The average molecular weight is 383 g/mol. The van der Waals surface area contributed by atoms with Gasteiger partial charge in [-0.15, -0.1) is 0 Å². The molecule has 0 aliphatic heterocycles. The highest BCUT2D eigenvalue weighted by Crippen LogP contribution is 2.11. The number of guanidine groups is 1. The van der Waals surface area contributed by atoms with Crippen molar-refractivity contribution >= 4 is 11.9 Å². The molecular formula is C22H30N4O2. The third-order valence-electron chi connectivity index (χ3n) is 4.21. The summed E-state index contributed by atoms with van der Waals surface area (Å²) in [4.78, 5) is 17.8. The Labute approximate surface area is 167 Å². The Kier molecular flexibility index (Phi) is 8.34. The molecule has 2 aromatic rings. The number of carbonyl (C=O) groups excluding carboxylic acids is 1. The molecule has 0 saturated heterocycles. The lowest BCUT2D eigenvalue weighted by atomic mass is 10.1. The maximum atomic E-state index is 11.9. The molecule has 2 aromatic carbocycles. The first-order chi connectivity index (χ1) is 13.5. The Hall–Kier alpha value is -3.02. The van der Waals surface area contributed by atoms with E-state index < -0.39 is 0 Å². The fraction of sp³-hybridized carbons (Fsp3) is 0.364. The van der Waals surface area contributed by atoms with Crippen molar-refractivity contribution in [2.45, 2.75) is 19.9 Å². The number of amides is 1. The van der Waals surface area contributed by atoms with Gasteiger partial charge in [-0.25, -0.2) is 4.99 Å². The van der Waals surface area contributed by atoms with Crippen LogP contribution >= 0.6 is 0 Å². The first-order valence-corrected chi connectivity index (χ1v) is 9.45. The quantitative estimate of drug-likeness (QED) is 0.419. The van der Waals surface area contributed by atoms with Gasteiger partial charge in [0, 0.05) is 14.1 Å². The molecule has 0 radical (unpaired) electrons. The Balaban J connectivity index is 1.92. The van der Waals surface area contributed by atoms with Crippen molar-refractivity contribution in [3.05, 3.63) is 65.7 Å². The molecule has 0 aliphatic carbocycles. The number of benzene rings is 2. The molecule has 28 heavy (non-hydrogen) atoms. The molecule has 0 aliphatic rings. The normalized spacial score (nSPS) is 12.2. The lowest BCUT2D eigenvalue weighted by molar-refractivity contribution is -0.127. The van der Waals surface area contributed by atoms with Gasteiger partial charge in [0.05, 0.1) is 12.6 Å². The summed E-state index contributed by atoms with van der Waals surface area (Å²) in [5.41, 5.74) is 2.34. The molecule has 1 atom stereocenters. The van der Waals surface area contributed by atoms with Crippen molar-refractivity contribution in [1.82, 2.24) is 15.5 Å². The van der Waals surface area contributed by atoms with Crippen molar-refractivity contribution in [2.75, 3.05) is 33.8 Å². The summed E-state index contributed by atoms with van der Waals surface area (Å²) >= 11 is 0. The van der Waals surface area contributed by atoms with Crippen LogP contribution in [0, 0.1) is 6.92 Å². The van der Waals surface area contributed by atoms with Crippen LogP contribution in [0.4, 0.5) is 0 Å². The van der Waals surface area contributed by atoms with E-state index >= 15 is 0 Å². The zero-order valence-electron chi connectivity index (χ0n) is 17.1. The molecule has 1 unspecified atom stereocenters. The number of likely N-dealkylation sites (N-methyl/N-ethyl adjacent to an activating group) is 1. The Morgan fingerprint density at radius 1 is 1.11 bits per heavy atom. The van der Waals surface area contributed by atoms with E-state index in [-0.39, 0.29) is 18.5 Å². The summed E-state index contributed by atoms with van der Waals surface area (Å²) in [5.74, 6) is 1.36. The van der Waals surface area contributed by atoms with E-state index in [4.69, 9.17) is 4.74 Å². The van der Waals surface area contributed by atoms with Gasteiger partial charge < -0.3 is 20.3 Å². The lowest BCUT2D eigenvalue weighted by Gasteiger charge is -2.19. The molecule has 2 rings (SSSR count). The molecule has 0 aromatic heterocycles. The van der Waals surface area contributed by atoms with Gasteiger partial charge in [0.15, 0.2) is 5.96 Å². The van der Waals surface area contributed by atoms with Crippen molar-refractivity contribution in [2.24, 2.45) is 4.99 Å². The maximum Gasteiger partial charge on any atom is 0.243 e. The van der Waals surface area contributed by atoms with Gasteiger partial charge >= 0.3 is 0 Å². The molecule has 0 saturated carbocycles. The predicted molar refractivity (Wildman–Crippen MR) is 114 cm³/mol. The first kappa shape index (κ1) is 21.3. The van der Waals surface area contributed by atoms with Crippen LogP contribution < -0.4 is 15.4 Å². The molecule has 0 bridgehead atoms. The predicted octanol–water partition coefficient (Wildman–Crippen LogP) is 2.76. The van der Waals surface area contributed by atoms with Gasteiger partial charge in [-0.3, -0.25) is 4.79 Å². The van der Waals surface area contributed by atoms with Crippen molar-refractivity contribution < 1.29 is 9.53 Å². The second kappa shape index (κ2) is 11.0. The minimum absolute atomic E-state index is 0.0515. The lowest BCUT2D eigenvalue weighted by Crippen LogP contribution is -2.41. The largest absolute Gasteiger partial charge is 0.492 e. The number of aryl methyl sites for hydroxylation is 1. The van der Waals surface area contributed by atoms with E-state index in [1.807, 2.05) is 49.4 Å². The van der Waals surface area contributed by atoms with Crippen LogP contribution in [0.2, 0.25) is 0 Å². The number of hydrogen-bond donors (Lipinski definition) is 2. The van der Waals surface area contributed by atoms with Crippen LogP contribution in [0.5, 0.6) is 5.75 Å². The molecule has 150 valence electrons. The fourth-order valence-corrected chi connectivity index (χ4v) is 2.44. The molecule has 2 N–H and O–H groups in total. The van der Waals surface area contributed by atoms with Crippen molar-refractivity contribution in [3.63, 3.8) is 0 Å². The minimum Gasteiger partial charge on any atom is -0.492 e. The van der Waals surface area contributed by atoms with Gasteiger partial charge in [-0.2, -0.15) is 0 Å². The second-order valence-electron chi connectivity index (χ2n) is 6.82. The Morgan fingerprint density at radius 2 is 1.79 bits per heavy atom. The third-order valence-corrected chi connectivity index (χ3v) is 4.21. The van der Waals surface area contributed by atoms with Crippen LogP contribution in [0.25, 0.3) is 0 Å². The van der Waals surface area contributed by atoms with E-state index in [1.165, 1.54) is 10.5 Å². The second-order valence-corrected chi connectivity index (χ2v) is 6.82. The minimum atomic E-state index is -0.0515. The molecule has 0 fully saturated rings. The molecule has 6 heteroatoms. The summed E-state index contributed by atoms with van der Waals surface area (Å²) in [6, 6.07) is 18.1. The monoisotopic (exact) mass is 382 g/mol. The molecule has 1 amide bonds. The summed E-state index contributed by atoms with van der Waals surface area (Å²) in [7, 11) is 3.45. The summed E-state index contributed by atoms with van der Waals surface area (Å²) in [6.45, 7) is 5.25. The topological polar surface area (TPSA) is 66.0 Å². The first-order valence-electron chi connectivity index (χ1n) is 9.45. The number of aliphatic imine (C=N–C) groups is 1. The number of ether oxygens (including phenoxy) is 1. The number of rotatable bonds is 8. The van der Waals surface area contributed by atoms with Gasteiger partial charge in [-0.05, 0) is 31.5 Å². The van der Waals surface area contributed by atoms with Gasteiger partial charge in [0.1, 0.15) is 18.9 Å². The summed E-state index contributed by atoms with van der Waals surface area (Å²) in [6.07, 6.45) is 0. The third kappa shape index (κ3) is 7.31. The highest BCUT2D eigenvalue weighted by molar-refractivity contribution is 5.85. The van der Waals surface area contributed by atoms with E-state index in [1.54, 1.807) is 14.1 Å². The standard InChI is InChI=1S/C22H30N4O2/c1-17-10-12-20(13-11-17)28-15-14-23-22(24-16-21(27)26(3)4)25-18(2)19-8-6-5-7-9-19/h5-13,18H,14-16H2,1-4H3,(H2,23,24,25). The van der Waals surface area contributed by atoms with Crippen LogP contribution in [-0.4, -0.2) is 50.6 Å². The molecule has 6 nitrogen and oxygen atoms in total. The summed E-state index contributed by atoms with van der Waals surface area (Å²) < 4.78 is 5.74. The molecular weight excluding hydrogens is 352 g/mol. The van der Waals surface area contributed by atoms with Crippen LogP contribution in [0.3, 0.4) is 0 Å². The smallest absolute Gasteiger partial charge is 0.243 e. The van der Waals surface area contributed by atoms with Gasteiger partial charge in [0.25, 0.3) is 0 Å². The highest BCUT2D eigenvalue weighted by atomic mass is 16.5. The van der Waals surface area contributed by atoms with Crippen molar-refractivity contribution in [3.8, 4) is 5.75 Å². The van der Waals surface area contributed by atoms with E-state index in [9.17, 15) is 4.79 Å². The van der Waals surface area contributed by atoms with Crippen molar-refractivity contribution in [1.29, 1.82) is 0 Å². The fourth-order valence-electron chi connectivity index (χ4n) is 2.44.